The molecule has 0 radical (unpaired) electrons. The summed E-state index contributed by atoms with van der Waals surface area (Å²) in [6, 6.07) is 9.19. The summed E-state index contributed by atoms with van der Waals surface area (Å²) in [4.78, 5) is 20.6. The molecule has 3 rings (SSSR count). The van der Waals surface area contributed by atoms with Gasteiger partial charge in [-0.1, -0.05) is 12.1 Å². The zero-order valence-corrected chi connectivity index (χ0v) is 13.1. The predicted molar refractivity (Wildman–Crippen MR) is 86.8 cm³/mol. The van der Waals surface area contributed by atoms with E-state index >= 15 is 0 Å². The molecule has 1 unspecified atom stereocenters. The molecule has 1 aromatic heterocycles. The molecule has 6 nitrogen and oxygen atoms in total. The molecule has 120 valence electrons. The van der Waals surface area contributed by atoms with Crippen molar-refractivity contribution in [3.8, 4) is 0 Å². The molecule has 1 aromatic carbocycles. The van der Waals surface area contributed by atoms with Gasteiger partial charge in [0.2, 0.25) is 0 Å². The van der Waals surface area contributed by atoms with Gasteiger partial charge in [-0.25, -0.2) is 9.79 Å². The number of hydrogen-bond acceptors (Lipinski definition) is 5. The van der Waals surface area contributed by atoms with Crippen LogP contribution in [0.4, 0.5) is 5.82 Å². The van der Waals surface area contributed by atoms with Gasteiger partial charge in [0.15, 0.2) is 6.23 Å². The maximum atomic E-state index is 11.4. The normalized spacial score (nSPS) is 16.3. The van der Waals surface area contributed by atoms with Gasteiger partial charge in [0.25, 0.3) is 0 Å². The molecule has 0 aliphatic carbocycles. The highest BCUT2D eigenvalue weighted by atomic mass is 16.5. The topological polar surface area (TPSA) is 77.9 Å². The Balaban J connectivity index is 1.64. The molecule has 23 heavy (non-hydrogen) atoms. The Morgan fingerprint density at radius 3 is 2.83 bits per heavy atom. The van der Waals surface area contributed by atoms with Gasteiger partial charge in [0, 0.05) is 17.8 Å². The summed E-state index contributed by atoms with van der Waals surface area (Å²) in [6.45, 7) is 2.57. The van der Waals surface area contributed by atoms with Crippen molar-refractivity contribution in [2.75, 3.05) is 13.7 Å². The smallest absolute Gasteiger partial charge is 0.337 e. The van der Waals surface area contributed by atoms with Crippen molar-refractivity contribution in [2.45, 2.75) is 19.6 Å². The highest BCUT2D eigenvalue weighted by molar-refractivity contribution is 5.89. The minimum atomic E-state index is -0.693. The first-order chi connectivity index (χ1) is 11.1. The molecule has 0 spiro atoms. The van der Waals surface area contributed by atoms with Gasteiger partial charge in [0.1, 0.15) is 5.82 Å². The number of carbonyl (C=O) groups excluding carboxylic acids is 1. The molecular weight excluding hydrogens is 294 g/mol. The molecule has 0 saturated heterocycles. The van der Waals surface area contributed by atoms with Crippen molar-refractivity contribution in [3.05, 3.63) is 52.7 Å². The van der Waals surface area contributed by atoms with Crippen LogP contribution in [0, 0.1) is 6.92 Å². The lowest BCUT2D eigenvalue weighted by Gasteiger charge is -2.28. The summed E-state index contributed by atoms with van der Waals surface area (Å²) < 4.78 is 4.68. The van der Waals surface area contributed by atoms with Crippen LogP contribution in [-0.4, -0.2) is 41.0 Å². The minimum absolute atomic E-state index is 0.342. The molecule has 0 amide bonds. The molecule has 0 fully saturated rings. The zero-order chi connectivity index (χ0) is 16.4. The van der Waals surface area contributed by atoms with E-state index in [-0.39, 0.29) is 5.97 Å². The Labute approximate surface area is 134 Å². The van der Waals surface area contributed by atoms with E-state index in [1.54, 1.807) is 23.4 Å². The van der Waals surface area contributed by atoms with E-state index in [2.05, 4.69) is 14.7 Å². The van der Waals surface area contributed by atoms with Crippen LogP contribution < -0.4 is 0 Å². The van der Waals surface area contributed by atoms with Crippen LogP contribution in [0.15, 0.2) is 35.3 Å². The van der Waals surface area contributed by atoms with Gasteiger partial charge in [-0.3, -0.25) is 0 Å². The number of hydrogen-bond donors (Lipinski definition) is 2. The molecule has 0 bridgehead atoms. The van der Waals surface area contributed by atoms with E-state index in [0.29, 0.717) is 17.9 Å². The Morgan fingerprint density at radius 1 is 1.39 bits per heavy atom. The molecule has 1 aliphatic heterocycles. The number of aryl methyl sites for hydroxylation is 1. The van der Waals surface area contributed by atoms with Gasteiger partial charge in [-0.2, -0.15) is 0 Å². The fourth-order valence-electron chi connectivity index (χ4n) is 2.64. The third-order valence-corrected chi connectivity index (χ3v) is 3.92. The second-order valence-corrected chi connectivity index (χ2v) is 5.55. The first kappa shape index (κ1) is 15.3. The second kappa shape index (κ2) is 6.26. The van der Waals surface area contributed by atoms with Crippen LogP contribution in [0.3, 0.4) is 0 Å². The summed E-state index contributed by atoms with van der Waals surface area (Å²) in [5.74, 6) is 0.374. The summed E-state index contributed by atoms with van der Waals surface area (Å²) in [7, 11) is 1.37. The lowest BCUT2D eigenvalue weighted by atomic mass is 10.1. The van der Waals surface area contributed by atoms with Gasteiger partial charge in [0.05, 0.1) is 19.0 Å². The Kier molecular flexibility index (Phi) is 4.16. The van der Waals surface area contributed by atoms with Crippen molar-refractivity contribution in [1.82, 2.24) is 9.88 Å². The Bertz CT molecular complexity index is 734. The van der Waals surface area contributed by atoms with Crippen molar-refractivity contribution < 1.29 is 14.6 Å². The van der Waals surface area contributed by atoms with E-state index in [0.717, 1.165) is 23.2 Å². The number of H-pyrrole nitrogens is 1. The van der Waals surface area contributed by atoms with Crippen molar-refractivity contribution in [2.24, 2.45) is 4.99 Å². The summed E-state index contributed by atoms with van der Waals surface area (Å²) in [5, 5.41) is 10.4. The fourth-order valence-corrected chi connectivity index (χ4v) is 2.64. The van der Waals surface area contributed by atoms with E-state index in [4.69, 9.17) is 0 Å². The van der Waals surface area contributed by atoms with E-state index in [9.17, 15) is 9.90 Å². The summed E-state index contributed by atoms with van der Waals surface area (Å²) in [5.41, 5.74) is 3.38. The standard InChI is InChI=1S/C17H19N3O3/c1-11-9-14-15(19-11)18-10-20(16(14)21)8-7-12-3-5-13(6-4-12)17(22)23-2/h3-6,9-10,16,19,21H,7-8H2,1-2H3. The van der Waals surface area contributed by atoms with Crippen molar-refractivity contribution >= 4 is 18.1 Å². The molecule has 2 heterocycles. The van der Waals surface area contributed by atoms with Gasteiger partial charge < -0.3 is 19.7 Å². The number of nitrogens with zero attached hydrogens (tertiary/aromatic N) is 2. The third kappa shape index (κ3) is 3.12. The van der Waals surface area contributed by atoms with Crippen LogP contribution in [0.1, 0.15) is 33.4 Å². The van der Waals surface area contributed by atoms with E-state index < -0.39 is 6.23 Å². The highest BCUT2D eigenvalue weighted by Crippen LogP contribution is 2.31. The Hall–Kier alpha value is -2.60. The molecule has 2 N–H and O–H groups in total. The number of nitrogens with one attached hydrogen (secondary N) is 1. The fraction of sp³-hybridized carbons (Fsp3) is 0.294. The number of carbonyl (C=O) groups is 1. The lowest BCUT2D eigenvalue weighted by molar-refractivity contribution is 0.0551. The van der Waals surface area contributed by atoms with E-state index in [1.807, 2.05) is 25.1 Å². The average Bonchev–Trinajstić information content (AvgIpc) is 2.95. The highest BCUT2D eigenvalue weighted by Gasteiger charge is 2.23. The monoisotopic (exact) mass is 313 g/mol. The third-order valence-electron chi connectivity index (χ3n) is 3.92. The molecule has 1 aliphatic rings. The van der Waals surface area contributed by atoms with Crippen molar-refractivity contribution in [3.63, 3.8) is 0 Å². The number of aliphatic imine (C=N–C) groups is 1. The van der Waals surface area contributed by atoms with Crippen LogP contribution in [0.2, 0.25) is 0 Å². The van der Waals surface area contributed by atoms with Crippen LogP contribution in [0.25, 0.3) is 0 Å². The largest absolute Gasteiger partial charge is 0.465 e. The maximum absolute atomic E-state index is 11.4. The number of aliphatic hydroxyl groups excluding tert-OH is 1. The minimum Gasteiger partial charge on any atom is -0.465 e. The number of aromatic nitrogens is 1. The number of esters is 1. The van der Waals surface area contributed by atoms with E-state index in [1.165, 1.54) is 7.11 Å². The number of aliphatic hydroxyl groups is 1. The number of methoxy groups -OCH3 is 1. The summed E-state index contributed by atoms with van der Waals surface area (Å²) in [6.07, 6.45) is 1.71. The molecular formula is C17H19N3O3. The van der Waals surface area contributed by atoms with Crippen LogP contribution in [-0.2, 0) is 11.2 Å². The molecule has 0 saturated carbocycles. The molecule has 6 heteroatoms. The maximum Gasteiger partial charge on any atom is 0.337 e. The average molecular weight is 313 g/mol. The SMILES string of the molecule is COC(=O)c1ccc(CCN2C=Nc3[nH]c(C)cc3C2O)cc1. The number of ether oxygens (including phenoxy) is 1. The zero-order valence-electron chi connectivity index (χ0n) is 13.1. The first-order valence-corrected chi connectivity index (χ1v) is 7.43. The first-order valence-electron chi connectivity index (χ1n) is 7.43. The predicted octanol–water partition coefficient (Wildman–Crippen LogP) is 2.32. The summed E-state index contributed by atoms with van der Waals surface area (Å²) >= 11 is 0. The Morgan fingerprint density at radius 2 is 2.13 bits per heavy atom. The van der Waals surface area contributed by atoms with Gasteiger partial charge >= 0.3 is 5.97 Å². The molecule has 1 atom stereocenters. The second-order valence-electron chi connectivity index (χ2n) is 5.55. The van der Waals surface area contributed by atoms with Crippen LogP contribution >= 0.6 is 0 Å². The number of aromatic amines is 1. The van der Waals surface area contributed by atoms with Crippen molar-refractivity contribution in [1.29, 1.82) is 0 Å². The van der Waals surface area contributed by atoms with Gasteiger partial charge in [-0.15, -0.1) is 0 Å². The number of benzene rings is 1. The van der Waals surface area contributed by atoms with Gasteiger partial charge in [-0.05, 0) is 37.1 Å². The molecule has 2 aromatic rings. The number of fused-ring (bicyclic) bond motifs is 1. The number of rotatable bonds is 4. The quantitative estimate of drug-likeness (QED) is 0.849. The lowest BCUT2D eigenvalue weighted by Crippen LogP contribution is -2.31. The van der Waals surface area contributed by atoms with Crippen LogP contribution in [0.5, 0.6) is 0 Å².